The number of hydrogen-bond donors (Lipinski definition) is 0. The van der Waals surface area contributed by atoms with Gasteiger partial charge >= 0.3 is 67.7 Å². The third kappa shape index (κ3) is 18.5. The van der Waals surface area contributed by atoms with Crippen molar-refractivity contribution in [2.45, 2.75) is 0 Å². The van der Waals surface area contributed by atoms with Gasteiger partial charge in [-0.2, -0.15) is 0 Å². The summed E-state index contributed by atoms with van der Waals surface area (Å²) in [6.07, 6.45) is 0. The van der Waals surface area contributed by atoms with Crippen LogP contribution in [0.2, 0.25) is 0 Å². The molecule has 0 aromatic carbocycles. The van der Waals surface area contributed by atoms with E-state index in [9.17, 15) is 0 Å². The second-order valence-electron chi connectivity index (χ2n) is 0. The molecule has 4 radical (unpaired) electrons. The molecule has 0 saturated heterocycles. The summed E-state index contributed by atoms with van der Waals surface area (Å²) in [6, 6.07) is 0. The molecule has 0 unspecified atom stereocenters. The molecule has 0 atom stereocenters. The Kier molecular flexibility index (Phi) is 203. The first kappa shape index (κ1) is 39.1. The van der Waals surface area contributed by atoms with Crippen molar-refractivity contribution in [1.82, 2.24) is 0 Å². The molecule has 0 aliphatic heterocycles. The van der Waals surface area contributed by atoms with Crippen LogP contribution in [0.3, 0.4) is 0 Å². The second kappa shape index (κ2) is 25.9. The van der Waals surface area contributed by atoms with Gasteiger partial charge in [0.05, 0.1) is 0 Å². The van der Waals surface area contributed by atoms with E-state index in [1.165, 1.54) is 0 Å². The normalized spacial score (nSPS) is 0. The fraction of sp³-hybridized carbons (Fsp3) is 0. The predicted octanol–water partition coefficient (Wildman–Crippen LogP) is -3.56. The molecular formula is H9AgBiCuGeSn. The summed E-state index contributed by atoms with van der Waals surface area (Å²) >= 11 is 0. The average Bonchev–Trinajstić information content (AvgIpc) is 0. The first-order valence-corrected chi connectivity index (χ1v) is 0. The summed E-state index contributed by atoms with van der Waals surface area (Å²) in [6.45, 7) is 0. The summed E-state index contributed by atoms with van der Waals surface area (Å²) in [5.41, 5.74) is 0. The molecule has 0 saturated carbocycles. The van der Waals surface area contributed by atoms with Crippen molar-refractivity contribution < 1.29 is 39.4 Å². The van der Waals surface area contributed by atoms with E-state index < -0.39 is 0 Å². The van der Waals surface area contributed by atoms with Crippen molar-refractivity contribution in [3.8, 4) is 0 Å². The summed E-state index contributed by atoms with van der Waals surface area (Å²) in [4.78, 5) is 0. The monoisotopic (exact) mass is 582 g/mol. The molecule has 0 amide bonds. The molecule has 0 fully saturated rings. The van der Waals surface area contributed by atoms with Crippen molar-refractivity contribution in [1.29, 1.82) is 0 Å². The van der Waals surface area contributed by atoms with Gasteiger partial charge in [-0.15, -0.1) is 0 Å². The van der Waals surface area contributed by atoms with Gasteiger partial charge in [0, 0.05) is 39.4 Å². The van der Waals surface area contributed by atoms with Crippen LogP contribution < -0.4 is 0 Å². The molecule has 0 aromatic rings. The van der Waals surface area contributed by atoms with Crippen LogP contribution >= 0.6 is 0 Å². The van der Waals surface area contributed by atoms with Crippen LogP contribution in [0.25, 0.3) is 0 Å². The molecule has 0 aromatic heterocycles. The van der Waals surface area contributed by atoms with E-state index in [4.69, 9.17) is 0 Å². The van der Waals surface area contributed by atoms with E-state index in [1.54, 1.807) is 0 Å². The SMILES string of the molecule is [Ag].[BiH3].[Cu].[GeH4].[SnH2]. The molecule has 0 bridgehead atoms. The van der Waals surface area contributed by atoms with Crippen LogP contribution in [-0.4, -0.2) is 67.7 Å². The van der Waals surface area contributed by atoms with Crippen LogP contribution in [0.1, 0.15) is 0 Å². The summed E-state index contributed by atoms with van der Waals surface area (Å²) in [5.74, 6) is 0. The van der Waals surface area contributed by atoms with Crippen molar-refractivity contribution >= 4 is 67.7 Å². The molecule has 5 heteroatoms. The molecule has 44 valence electrons. The second-order valence-corrected chi connectivity index (χ2v) is 0. The van der Waals surface area contributed by atoms with Crippen LogP contribution in [-0.2, 0) is 39.4 Å². The Morgan fingerprint density at radius 3 is 1.00 bits per heavy atom. The van der Waals surface area contributed by atoms with E-state index in [0.717, 1.165) is 0 Å². The van der Waals surface area contributed by atoms with Crippen LogP contribution in [0.5, 0.6) is 0 Å². The fourth-order valence-corrected chi connectivity index (χ4v) is 0. The maximum atomic E-state index is 0. The summed E-state index contributed by atoms with van der Waals surface area (Å²) in [7, 11) is 0. The molecule has 0 N–H and O–H groups in total. The van der Waals surface area contributed by atoms with Gasteiger partial charge in [-0.05, 0) is 0 Å². The molecule has 0 aliphatic rings. The predicted molar refractivity (Wildman–Crippen MR) is 29.8 cm³/mol. The Balaban J connectivity index is 0. The van der Waals surface area contributed by atoms with Crippen molar-refractivity contribution in [2.75, 3.05) is 0 Å². The molecule has 0 spiro atoms. The molecule has 0 rings (SSSR count). The quantitative estimate of drug-likeness (QED) is 0.261. The van der Waals surface area contributed by atoms with E-state index in [2.05, 4.69) is 0 Å². The molecule has 0 nitrogen and oxygen atoms in total. The molecule has 0 heterocycles. The van der Waals surface area contributed by atoms with Crippen LogP contribution in [0.15, 0.2) is 0 Å². The average molecular weight is 581 g/mol. The van der Waals surface area contributed by atoms with Gasteiger partial charge < -0.3 is 0 Å². The third-order valence-corrected chi connectivity index (χ3v) is 0. The Labute approximate surface area is 105 Å². The molecule has 0 aliphatic carbocycles. The topological polar surface area (TPSA) is 0 Å². The maximum absolute atomic E-state index is 0. The standard InChI is InChI=1S/Ag.Bi.Cu.GeH4.Sn.5H/h;;;1H4;;;;;;. The van der Waals surface area contributed by atoms with Crippen molar-refractivity contribution in [3.63, 3.8) is 0 Å². The van der Waals surface area contributed by atoms with E-state index >= 15 is 0 Å². The summed E-state index contributed by atoms with van der Waals surface area (Å²) in [5, 5.41) is 0. The van der Waals surface area contributed by atoms with Gasteiger partial charge in [-0.3, -0.25) is 0 Å². The first-order chi connectivity index (χ1) is 0. The van der Waals surface area contributed by atoms with Gasteiger partial charge in [0.1, 0.15) is 0 Å². The molecule has 5 heavy (non-hydrogen) atoms. The number of rotatable bonds is 0. The minimum absolute atomic E-state index is 0. The number of hydrogen-bond acceptors (Lipinski definition) is 0. The van der Waals surface area contributed by atoms with E-state index in [-0.39, 0.29) is 107 Å². The van der Waals surface area contributed by atoms with Gasteiger partial charge in [0.15, 0.2) is 0 Å². The fourth-order valence-electron chi connectivity index (χ4n) is 0. The zero-order valence-electron chi connectivity index (χ0n) is 2.02. The Morgan fingerprint density at radius 2 is 1.00 bits per heavy atom. The van der Waals surface area contributed by atoms with Crippen LogP contribution in [0.4, 0.5) is 0 Å². The molecular weight excluding hydrogens is 572 g/mol. The van der Waals surface area contributed by atoms with Crippen LogP contribution in [0, 0.1) is 0 Å². The van der Waals surface area contributed by atoms with Crippen molar-refractivity contribution in [2.24, 2.45) is 0 Å². The van der Waals surface area contributed by atoms with Gasteiger partial charge in [0.2, 0.25) is 0 Å². The van der Waals surface area contributed by atoms with Gasteiger partial charge in [-0.1, -0.05) is 0 Å². The van der Waals surface area contributed by atoms with E-state index in [1.807, 2.05) is 0 Å². The summed E-state index contributed by atoms with van der Waals surface area (Å²) < 4.78 is 0. The Hall–Kier alpha value is 3.48. The third-order valence-electron chi connectivity index (χ3n) is 0. The minimum atomic E-state index is 0. The Bertz CT molecular complexity index is 11.6. The Morgan fingerprint density at radius 1 is 1.00 bits per heavy atom. The van der Waals surface area contributed by atoms with E-state index in [0.29, 0.717) is 0 Å². The van der Waals surface area contributed by atoms with Gasteiger partial charge in [0.25, 0.3) is 0 Å². The first-order valence-electron chi connectivity index (χ1n) is 0. The van der Waals surface area contributed by atoms with Crippen molar-refractivity contribution in [3.05, 3.63) is 0 Å². The zero-order valence-corrected chi connectivity index (χ0v) is 14.0. The van der Waals surface area contributed by atoms with Gasteiger partial charge in [-0.25, -0.2) is 0 Å². The zero-order chi connectivity index (χ0) is 0.